The van der Waals surface area contributed by atoms with Crippen molar-refractivity contribution in [3.8, 4) is 0 Å². The highest BCUT2D eigenvalue weighted by Gasteiger charge is 2.28. The number of rotatable bonds is 6. The van der Waals surface area contributed by atoms with E-state index in [2.05, 4.69) is 43.0 Å². The molecule has 5 heteroatoms. The van der Waals surface area contributed by atoms with Crippen LogP contribution in [0.25, 0.3) is 0 Å². The molecule has 0 aromatic heterocycles. The average molecular weight is 373 g/mol. The number of piperazine rings is 1. The summed E-state index contributed by atoms with van der Waals surface area (Å²) in [6.07, 6.45) is 2.05. The number of hydrogen-bond acceptors (Lipinski definition) is 3. The van der Waals surface area contributed by atoms with Gasteiger partial charge in [0.15, 0.2) is 0 Å². The van der Waals surface area contributed by atoms with E-state index in [-0.39, 0.29) is 0 Å². The Labute approximate surface area is 157 Å². The summed E-state index contributed by atoms with van der Waals surface area (Å²) < 4.78 is 27.4. The van der Waals surface area contributed by atoms with E-state index in [0.717, 1.165) is 32.5 Å². The molecule has 0 saturated carbocycles. The molecule has 0 aliphatic carbocycles. The van der Waals surface area contributed by atoms with E-state index in [9.17, 15) is 8.42 Å². The number of benzene rings is 2. The van der Waals surface area contributed by atoms with E-state index in [1.165, 1.54) is 16.7 Å². The van der Waals surface area contributed by atoms with Gasteiger partial charge in [0.2, 0.25) is 10.0 Å². The molecule has 3 rings (SSSR count). The SMILES string of the molecule is CCCc1ccc(S(=O)(=O)N2CCN(Cc3ccc(C)cc3)CC2)cc1. The van der Waals surface area contributed by atoms with Crippen molar-refractivity contribution < 1.29 is 8.42 Å². The molecule has 0 amide bonds. The first-order chi connectivity index (χ1) is 12.5. The second-order valence-corrected chi connectivity index (χ2v) is 9.00. The third-order valence-electron chi connectivity index (χ3n) is 4.96. The van der Waals surface area contributed by atoms with Crippen LogP contribution in [0, 0.1) is 6.92 Å². The molecule has 140 valence electrons. The van der Waals surface area contributed by atoms with Gasteiger partial charge in [0.1, 0.15) is 0 Å². The third kappa shape index (κ3) is 4.53. The first-order valence-electron chi connectivity index (χ1n) is 9.36. The first-order valence-corrected chi connectivity index (χ1v) is 10.8. The van der Waals surface area contributed by atoms with Gasteiger partial charge in [-0.3, -0.25) is 4.90 Å². The van der Waals surface area contributed by atoms with Gasteiger partial charge in [0.05, 0.1) is 4.90 Å². The molecule has 0 radical (unpaired) electrons. The van der Waals surface area contributed by atoms with Crippen LogP contribution in [0.15, 0.2) is 53.4 Å². The molecule has 0 spiro atoms. The summed E-state index contributed by atoms with van der Waals surface area (Å²) in [7, 11) is -3.39. The fraction of sp³-hybridized carbons (Fsp3) is 0.429. The number of nitrogens with zero attached hydrogens (tertiary/aromatic N) is 2. The van der Waals surface area contributed by atoms with Crippen LogP contribution in [0.4, 0.5) is 0 Å². The summed E-state index contributed by atoms with van der Waals surface area (Å²) in [5, 5.41) is 0. The van der Waals surface area contributed by atoms with Crippen molar-refractivity contribution in [1.29, 1.82) is 0 Å². The van der Waals surface area contributed by atoms with Gasteiger partial charge in [-0.1, -0.05) is 55.3 Å². The molecule has 0 unspecified atom stereocenters. The zero-order valence-corrected chi connectivity index (χ0v) is 16.5. The molecule has 0 atom stereocenters. The van der Waals surface area contributed by atoms with Crippen LogP contribution in [-0.4, -0.2) is 43.8 Å². The minimum Gasteiger partial charge on any atom is -0.296 e. The molecule has 1 aliphatic rings. The van der Waals surface area contributed by atoms with Gasteiger partial charge in [-0.2, -0.15) is 4.31 Å². The number of aryl methyl sites for hydroxylation is 2. The Balaban J connectivity index is 1.60. The van der Waals surface area contributed by atoms with Crippen molar-refractivity contribution in [1.82, 2.24) is 9.21 Å². The van der Waals surface area contributed by atoms with Gasteiger partial charge < -0.3 is 0 Å². The molecule has 26 heavy (non-hydrogen) atoms. The van der Waals surface area contributed by atoms with Crippen molar-refractivity contribution in [3.05, 3.63) is 65.2 Å². The van der Waals surface area contributed by atoms with Crippen LogP contribution in [-0.2, 0) is 23.0 Å². The summed E-state index contributed by atoms with van der Waals surface area (Å²) in [6, 6.07) is 15.9. The zero-order chi connectivity index (χ0) is 18.6. The molecule has 2 aromatic rings. The second kappa shape index (κ2) is 8.33. The van der Waals surface area contributed by atoms with Gasteiger partial charge in [0.25, 0.3) is 0 Å². The smallest absolute Gasteiger partial charge is 0.243 e. The lowest BCUT2D eigenvalue weighted by Gasteiger charge is -2.34. The third-order valence-corrected chi connectivity index (χ3v) is 6.87. The van der Waals surface area contributed by atoms with Crippen molar-refractivity contribution in [2.75, 3.05) is 26.2 Å². The second-order valence-electron chi connectivity index (χ2n) is 7.06. The predicted octanol–water partition coefficient (Wildman–Crippen LogP) is 3.45. The fourth-order valence-electron chi connectivity index (χ4n) is 3.35. The largest absolute Gasteiger partial charge is 0.296 e. The van der Waals surface area contributed by atoms with E-state index >= 15 is 0 Å². The Kier molecular flexibility index (Phi) is 6.12. The van der Waals surface area contributed by atoms with Crippen molar-refractivity contribution in [2.45, 2.75) is 38.1 Å². The molecule has 1 saturated heterocycles. The summed E-state index contributed by atoms with van der Waals surface area (Å²) in [5.74, 6) is 0. The maximum absolute atomic E-state index is 12.9. The molecule has 0 N–H and O–H groups in total. The first kappa shape index (κ1) is 19.1. The Morgan fingerprint density at radius 2 is 1.42 bits per heavy atom. The highest BCUT2D eigenvalue weighted by Crippen LogP contribution is 2.19. The lowest BCUT2D eigenvalue weighted by Crippen LogP contribution is -2.48. The van der Waals surface area contributed by atoms with Crippen LogP contribution < -0.4 is 0 Å². The Morgan fingerprint density at radius 3 is 2.00 bits per heavy atom. The molecular weight excluding hydrogens is 344 g/mol. The lowest BCUT2D eigenvalue weighted by atomic mass is 10.1. The molecular formula is C21H28N2O2S. The van der Waals surface area contributed by atoms with Crippen LogP contribution >= 0.6 is 0 Å². The predicted molar refractivity (Wildman–Crippen MR) is 106 cm³/mol. The summed E-state index contributed by atoms with van der Waals surface area (Å²) >= 11 is 0. The van der Waals surface area contributed by atoms with E-state index in [4.69, 9.17) is 0 Å². The Morgan fingerprint density at radius 1 is 0.846 bits per heavy atom. The van der Waals surface area contributed by atoms with E-state index < -0.39 is 10.0 Å². The van der Waals surface area contributed by atoms with E-state index in [0.29, 0.717) is 18.0 Å². The molecule has 1 aliphatic heterocycles. The molecule has 1 heterocycles. The van der Waals surface area contributed by atoms with Gasteiger partial charge in [-0.25, -0.2) is 8.42 Å². The molecule has 1 fully saturated rings. The Hall–Kier alpha value is -1.69. The molecule has 2 aromatic carbocycles. The van der Waals surface area contributed by atoms with Crippen molar-refractivity contribution in [2.24, 2.45) is 0 Å². The van der Waals surface area contributed by atoms with E-state index in [1.54, 1.807) is 16.4 Å². The quantitative estimate of drug-likeness (QED) is 0.780. The van der Waals surface area contributed by atoms with Gasteiger partial charge in [-0.15, -0.1) is 0 Å². The number of hydrogen-bond donors (Lipinski definition) is 0. The standard InChI is InChI=1S/C21H28N2O2S/c1-3-4-19-9-11-21(12-10-19)26(24,25)23-15-13-22(14-16-23)17-20-7-5-18(2)6-8-20/h5-12H,3-4,13-17H2,1-2H3. The van der Waals surface area contributed by atoms with Gasteiger partial charge >= 0.3 is 0 Å². The van der Waals surface area contributed by atoms with E-state index in [1.807, 2.05) is 12.1 Å². The summed E-state index contributed by atoms with van der Waals surface area (Å²) in [6.45, 7) is 7.71. The minimum atomic E-state index is -3.39. The fourth-order valence-corrected chi connectivity index (χ4v) is 4.77. The van der Waals surface area contributed by atoms with Crippen molar-refractivity contribution >= 4 is 10.0 Å². The topological polar surface area (TPSA) is 40.6 Å². The van der Waals surface area contributed by atoms with Crippen LogP contribution in [0.3, 0.4) is 0 Å². The van der Waals surface area contributed by atoms with Gasteiger partial charge in [-0.05, 0) is 36.6 Å². The number of sulfonamides is 1. The highest BCUT2D eigenvalue weighted by molar-refractivity contribution is 7.89. The van der Waals surface area contributed by atoms with Crippen LogP contribution in [0.2, 0.25) is 0 Å². The van der Waals surface area contributed by atoms with Crippen LogP contribution in [0.1, 0.15) is 30.0 Å². The van der Waals surface area contributed by atoms with Crippen LogP contribution in [0.5, 0.6) is 0 Å². The maximum Gasteiger partial charge on any atom is 0.243 e. The monoisotopic (exact) mass is 372 g/mol. The average Bonchev–Trinajstić information content (AvgIpc) is 2.65. The summed E-state index contributed by atoms with van der Waals surface area (Å²) in [5.41, 5.74) is 3.72. The lowest BCUT2D eigenvalue weighted by molar-refractivity contribution is 0.181. The summed E-state index contributed by atoms with van der Waals surface area (Å²) in [4.78, 5) is 2.73. The maximum atomic E-state index is 12.9. The molecule has 4 nitrogen and oxygen atoms in total. The molecule has 0 bridgehead atoms. The highest BCUT2D eigenvalue weighted by atomic mass is 32.2. The van der Waals surface area contributed by atoms with Gasteiger partial charge in [0, 0.05) is 32.7 Å². The normalized spacial score (nSPS) is 16.7. The Bertz CT molecular complexity index is 806. The van der Waals surface area contributed by atoms with Crippen molar-refractivity contribution in [3.63, 3.8) is 0 Å². The minimum absolute atomic E-state index is 0.407. The zero-order valence-electron chi connectivity index (χ0n) is 15.7.